The minimum absolute atomic E-state index is 0.0991. The Kier molecular flexibility index (Phi) is 5.32. The number of hydrogen-bond acceptors (Lipinski definition) is 4. The molecule has 0 saturated heterocycles. The van der Waals surface area contributed by atoms with Crippen LogP contribution in [0.2, 0.25) is 0 Å². The molecule has 0 heterocycles. The molecule has 26 heavy (non-hydrogen) atoms. The summed E-state index contributed by atoms with van der Waals surface area (Å²) in [6.45, 7) is 1.99. The van der Waals surface area contributed by atoms with Gasteiger partial charge in [0.05, 0.1) is 0 Å². The van der Waals surface area contributed by atoms with Crippen molar-refractivity contribution in [3.8, 4) is 0 Å². The normalized spacial score (nSPS) is 18.5. The fraction of sp³-hybridized carbons (Fsp3) is 0.647. The Morgan fingerprint density at radius 3 is 1.42 bits per heavy atom. The summed E-state index contributed by atoms with van der Waals surface area (Å²) in [6.07, 6.45) is -0.297. The van der Waals surface area contributed by atoms with Crippen LogP contribution < -0.4 is 0 Å². The van der Waals surface area contributed by atoms with E-state index in [1.807, 2.05) is 0 Å². The van der Waals surface area contributed by atoms with Gasteiger partial charge in [0.15, 0.2) is 0 Å². The molecule has 9 heteroatoms. The van der Waals surface area contributed by atoms with Crippen molar-refractivity contribution in [2.75, 3.05) is 19.8 Å². The Bertz CT molecular complexity index is 633. The van der Waals surface area contributed by atoms with Crippen LogP contribution in [-0.2, 0) is 36.4 Å². The fourth-order valence-electron chi connectivity index (χ4n) is 2.36. The topological polar surface area (TPSA) is 36.9 Å². The minimum atomic E-state index is -12.3. The molecule has 0 N–H and O–H groups in total. The second kappa shape index (κ2) is 5.83. The number of rotatable bonds is 12. The first-order chi connectivity index (χ1) is 11.7. The number of aryl methyl sites for hydroxylation is 1. The Balaban J connectivity index is 3.48. The van der Waals surface area contributed by atoms with Crippen LogP contribution in [0.5, 0.6) is 0 Å². The van der Waals surface area contributed by atoms with Crippen molar-refractivity contribution in [3.63, 3.8) is 0 Å². The second-order valence-corrected chi connectivity index (χ2v) is 20.5. The van der Waals surface area contributed by atoms with E-state index in [4.69, 9.17) is 0 Å². The van der Waals surface area contributed by atoms with Gasteiger partial charge in [0, 0.05) is 0 Å². The molecule has 0 unspecified atom stereocenters. The van der Waals surface area contributed by atoms with Gasteiger partial charge in [-0.2, -0.15) is 0 Å². The van der Waals surface area contributed by atoms with E-state index in [2.05, 4.69) is 11.3 Å². The number of hydrogen-bond donors (Lipinski definition) is 0. The van der Waals surface area contributed by atoms with Gasteiger partial charge >= 0.3 is 149 Å². The molecule has 0 bridgehead atoms. The Morgan fingerprint density at radius 2 is 1.08 bits per heavy atom. The molecule has 0 aliphatic heterocycles. The molecule has 0 atom stereocenters. The van der Waals surface area contributed by atoms with E-state index in [-0.39, 0.29) is 24.8 Å². The predicted octanol–water partition coefficient (Wildman–Crippen LogP) is 6.29. The molecule has 1 aromatic rings. The van der Waals surface area contributed by atoms with Crippen LogP contribution in [0, 0.1) is 6.92 Å². The first kappa shape index (κ1) is 23.7. The molecule has 1 aromatic carbocycles. The molecular formula is C17H30F4O4Zr. The maximum atomic E-state index is 15.9. The van der Waals surface area contributed by atoms with Crippen LogP contribution in [0.3, 0.4) is 0 Å². The van der Waals surface area contributed by atoms with Crippen LogP contribution in [0.4, 0.5) is 10.5 Å². The summed E-state index contributed by atoms with van der Waals surface area (Å²) in [5, 5.41) is 0. The monoisotopic (exact) mass is 464 g/mol. The van der Waals surface area contributed by atoms with E-state index < -0.39 is 45.0 Å². The molecule has 154 valence electrons. The predicted molar refractivity (Wildman–Crippen MR) is 89.1 cm³/mol. The third kappa shape index (κ3) is 5.58. The summed E-state index contributed by atoms with van der Waals surface area (Å²) in [5.74, 6) is 0. The van der Waals surface area contributed by atoms with Crippen molar-refractivity contribution >= 4 is 0 Å². The average Bonchev–Trinajstić information content (AvgIpc) is 2.58. The van der Waals surface area contributed by atoms with Gasteiger partial charge in [-0.15, -0.1) is 0 Å². The molecule has 0 aliphatic carbocycles. The van der Waals surface area contributed by atoms with Gasteiger partial charge in [0.1, 0.15) is 0 Å². The molecule has 0 aromatic heterocycles. The summed E-state index contributed by atoms with van der Waals surface area (Å²) in [4.78, 5) is 0. The zero-order valence-corrected chi connectivity index (χ0v) is 18.4. The molecule has 0 amide bonds. The van der Waals surface area contributed by atoms with Gasteiger partial charge in [-0.05, 0) is 0 Å². The van der Waals surface area contributed by atoms with Crippen LogP contribution >= 0.6 is 0 Å². The first-order valence-electron chi connectivity index (χ1n) is 9.02. The molecule has 4 nitrogen and oxygen atoms in total. The van der Waals surface area contributed by atoms with Crippen LogP contribution in [0.1, 0.15) is 51.2 Å². The van der Waals surface area contributed by atoms with Crippen molar-refractivity contribution in [1.29, 1.82) is 0 Å². The van der Waals surface area contributed by atoms with Crippen LogP contribution in [0.25, 0.3) is 0 Å². The zero-order valence-electron chi connectivity index (χ0n) is 15.9. The van der Waals surface area contributed by atoms with Gasteiger partial charge in [-0.25, -0.2) is 0 Å². The Morgan fingerprint density at radius 1 is 0.692 bits per heavy atom. The maximum absolute atomic E-state index is 15.9. The van der Waals surface area contributed by atoms with E-state index in [1.54, 1.807) is 19.1 Å². The summed E-state index contributed by atoms with van der Waals surface area (Å²) < 4.78 is 79.7. The van der Waals surface area contributed by atoms with Crippen molar-refractivity contribution in [2.45, 2.75) is 53.6 Å². The second-order valence-electron chi connectivity index (χ2n) is 6.98. The molecule has 0 saturated carbocycles. The van der Waals surface area contributed by atoms with Crippen LogP contribution in [0.15, 0.2) is 24.3 Å². The molecule has 0 fully saturated rings. The SMILES string of the molecule is CCC[O][Zr]([F])([F])([F])([F])([O]CCC)([O]CCC)[O]Cc1ccc(C)cc1. The Hall–Kier alpha value is -0.337. The van der Waals surface area contributed by atoms with Gasteiger partial charge in [-0.3, -0.25) is 0 Å². The van der Waals surface area contributed by atoms with Crippen molar-refractivity contribution in [1.82, 2.24) is 0 Å². The summed E-state index contributed by atoms with van der Waals surface area (Å²) in [7, 11) is 0. The molecule has 0 spiro atoms. The van der Waals surface area contributed by atoms with Crippen molar-refractivity contribution in [3.05, 3.63) is 35.4 Å². The number of benzene rings is 1. The zero-order chi connectivity index (χ0) is 20.1. The molecule has 0 aliphatic rings. The average molecular weight is 466 g/mol. The first-order valence-corrected chi connectivity index (χ1v) is 16.8. The van der Waals surface area contributed by atoms with Crippen molar-refractivity contribution < 1.29 is 40.3 Å². The van der Waals surface area contributed by atoms with Gasteiger partial charge in [-0.1, -0.05) is 0 Å². The standard InChI is InChI=1S/C8H9O.3C3H7O.4FH.Zr/c1-7-2-4-8(6-9)5-3-7;3*1-2-3-4;;;;;/h2-5H,6H2,1H3;3*2-3H2,1H3;4*1H;/q4*-1;;;;;+8/p-4. The third-order valence-electron chi connectivity index (χ3n) is 3.86. The quantitative estimate of drug-likeness (QED) is 0.340. The van der Waals surface area contributed by atoms with Crippen molar-refractivity contribution in [2.24, 2.45) is 0 Å². The van der Waals surface area contributed by atoms with E-state index in [0.29, 0.717) is 0 Å². The van der Waals surface area contributed by atoms with E-state index in [1.165, 1.54) is 32.9 Å². The van der Waals surface area contributed by atoms with E-state index >= 15 is 10.5 Å². The fourth-order valence-corrected chi connectivity index (χ4v) is 10.6. The van der Waals surface area contributed by atoms with Crippen LogP contribution in [-0.4, -0.2) is 19.8 Å². The van der Waals surface area contributed by atoms with Gasteiger partial charge in [0.25, 0.3) is 0 Å². The van der Waals surface area contributed by atoms with Gasteiger partial charge < -0.3 is 0 Å². The van der Waals surface area contributed by atoms with Gasteiger partial charge in [0.2, 0.25) is 0 Å². The third-order valence-corrected chi connectivity index (χ3v) is 13.5. The summed E-state index contributed by atoms with van der Waals surface area (Å²) >= 11 is -12.3. The molecule has 0 radical (unpaired) electrons. The summed E-state index contributed by atoms with van der Waals surface area (Å²) in [5.41, 5.74) is 0.966. The van der Waals surface area contributed by atoms with E-state index in [0.717, 1.165) is 5.56 Å². The summed E-state index contributed by atoms with van der Waals surface area (Å²) in [6, 6.07) is 6.04. The Labute approximate surface area is 149 Å². The number of halogens is 4. The molecule has 1 rings (SSSR count). The van der Waals surface area contributed by atoms with E-state index in [9.17, 15) is 0 Å². The molecular weight excluding hydrogens is 435 g/mol.